The molecule has 1 rings (SSSR count). The third kappa shape index (κ3) is 4.05. The van der Waals surface area contributed by atoms with Gasteiger partial charge in [0.1, 0.15) is 6.10 Å². The summed E-state index contributed by atoms with van der Waals surface area (Å²) in [7, 11) is 0. The molecule has 0 unspecified atom stereocenters. The van der Waals surface area contributed by atoms with E-state index < -0.39 is 0 Å². The summed E-state index contributed by atoms with van der Waals surface area (Å²) >= 11 is 0. The van der Waals surface area contributed by atoms with Gasteiger partial charge in [-0.2, -0.15) is 0 Å². The first-order chi connectivity index (χ1) is 7.49. The van der Waals surface area contributed by atoms with Gasteiger partial charge in [0.25, 0.3) is 0 Å². The van der Waals surface area contributed by atoms with Crippen molar-refractivity contribution in [2.24, 2.45) is 5.92 Å². The Bertz CT molecular complexity index is 338. The Balaban J connectivity index is 2.82. The van der Waals surface area contributed by atoms with Crippen molar-refractivity contribution in [2.45, 2.75) is 40.2 Å². The molecule has 0 heterocycles. The highest BCUT2D eigenvalue weighted by atomic mass is 16.5. The van der Waals surface area contributed by atoms with Gasteiger partial charge in [-0.25, -0.2) is 0 Å². The van der Waals surface area contributed by atoms with E-state index in [0.29, 0.717) is 5.92 Å². The second-order valence-electron chi connectivity index (χ2n) is 4.64. The Labute approximate surface area is 97.6 Å². The maximum atomic E-state index is 11.1. The summed E-state index contributed by atoms with van der Waals surface area (Å²) in [4.78, 5) is 11.1. The molecule has 1 atom stereocenters. The third-order valence-electron chi connectivity index (χ3n) is 2.44. The molecule has 1 aromatic carbocycles. The van der Waals surface area contributed by atoms with Crippen LogP contribution in [0.3, 0.4) is 0 Å². The van der Waals surface area contributed by atoms with Crippen molar-refractivity contribution in [3.8, 4) is 0 Å². The topological polar surface area (TPSA) is 26.3 Å². The Morgan fingerprint density at radius 1 is 1.25 bits per heavy atom. The fraction of sp³-hybridized carbons (Fsp3) is 0.500. The molecule has 16 heavy (non-hydrogen) atoms. The van der Waals surface area contributed by atoms with Gasteiger partial charge in [-0.3, -0.25) is 4.79 Å². The van der Waals surface area contributed by atoms with E-state index >= 15 is 0 Å². The highest BCUT2D eigenvalue weighted by molar-refractivity contribution is 5.66. The molecule has 2 nitrogen and oxygen atoms in total. The Morgan fingerprint density at radius 2 is 1.81 bits per heavy atom. The third-order valence-corrected chi connectivity index (χ3v) is 2.44. The van der Waals surface area contributed by atoms with Crippen molar-refractivity contribution in [3.63, 3.8) is 0 Å². The van der Waals surface area contributed by atoms with E-state index in [1.54, 1.807) is 0 Å². The molecule has 0 bridgehead atoms. The van der Waals surface area contributed by atoms with E-state index in [1.807, 2.05) is 31.2 Å². The van der Waals surface area contributed by atoms with Crippen molar-refractivity contribution < 1.29 is 9.53 Å². The highest BCUT2D eigenvalue weighted by Gasteiger charge is 2.16. The first-order valence-electron chi connectivity index (χ1n) is 5.73. The molecule has 0 aliphatic heterocycles. The molecular formula is C14H20O2. The quantitative estimate of drug-likeness (QED) is 0.724. The number of hydrogen-bond donors (Lipinski definition) is 0. The summed E-state index contributed by atoms with van der Waals surface area (Å²) in [6, 6.07) is 8.16. The van der Waals surface area contributed by atoms with Crippen LogP contribution in [0, 0.1) is 12.8 Å². The zero-order chi connectivity index (χ0) is 12.1. The number of ether oxygens (including phenoxy) is 1. The second-order valence-corrected chi connectivity index (χ2v) is 4.64. The van der Waals surface area contributed by atoms with E-state index in [9.17, 15) is 4.79 Å². The lowest BCUT2D eigenvalue weighted by Crippen LogP contribution is -2.11. The summed E-state index contributed by atoms with van der Waals surface area (Å²) in [6.45, 7) is 7.77. The van der Waals surface area contributed by atoms with Gasteiger partial charge in [-0.05, 0) is 24.8 Å². The first-order valence-corrected chi connectivity index (χ1v) is 5.73. The van der Waals surface area contributed by atoms with Gasteiger partial charge in [-0.1, -0.05) is 43.7 Å². The molecule has 0 amide bonds. The van der Waals surface area contributed by atoms with Crippen LogP contribution < -0.4 is 0 Å². The first kappa shape index (κ1) is 12.8. The number of hydrogen-bond acceptors (Lipinski definition) is 2. The zero-order valence-electron chi connectivity index (χ0n) is 10.5. The van der Waals surface area contributed by atoms with E-state index in [1.165, 1.54) is 12.5 Å². The number of benzene rings is 1. The number of carbonyl (C=O) groups is 1. The van der Waals surface area contributed by atoms with Crippen molar-refractivity contribution in [1.82, 2.24) is 0 Å². The van der Waals surface area contributed by atoms with Crippen LogP contribution in [0.4, 0.5) is 0 Å². The van der Waals surface area contributed by atoms with Crippen LogP contribution in [-0.2, 0) is 9.53 Å². The molecule has 0 aliphatic carbocycles. The van der Waals surface area contributed by atoms with E-state index in [-0.39, 0.29) is 12.1 Å². The Hall–Kier alpha value is -1.31. The van der Waals surface area contributed by atoms with E-state index in [0.717, 1.165) is 12.0 Å². The number of carbonyl (C=O) groups excluding carboxylic acids is 1. The summed E-state index contributed by atoms with van der Waals surface area (Å²) in [6.07, 6.45) is 0.751. The maximum absolute atomic E-state index is 11.1. The molecule has 0 saturated heterocycles. The molecule has 88 valence electrons. The summed E-state index contributed by atoms with van der Waals surface area (Å²) in [5.41, 5.74) is 2.30. The second kappa shape index (κ2) is 5.69. The van der Waals surface area contributed by atoms with Gasteiger partial charge >= 0.3 is 5.97 Å². The van der Waals surface area contributed by atoms with Crippen molar-refractivity contribution in [1.29, 1.82) is 0 Å². The Kier molecular flexibility index (Phi) is 4.53. The normalized spacial score (nSPS) is 12.6. The van der Waals surface area contributed by atoms with Crippen LogP contribution in [0.5, 0.6) is 0 Å². The number of rotatable bonds is 4. The monoisotopic (exact) mass is 220 g/mol. The van der Waals surface area contributed by atoms with Crippen LogP contribution >= 0.6 is 0 Å². The average molecular weight is 220 g/mol. The highest BCUT2D eigenvalue weighted by Crippen LogP contribution is 2.25. The van der Waals surface area contributed by atoms with Gasteiger partial charge in [0.2, 0.25) is 0 Å². The van der Waals surface area contributed by atoms with Gasteiger partial charge < -0.3 is 4.74 Å². The Morgan fingerprint density at radius 3 is 2.25 bits per heavy atom. The predicted molar refractivity (Wildman–Crippen MR) is 65.1 cm³/mol. The smallest absolute Gasteiger partial charge is 0.303 e. The largest absolute Gasteiger partial charge is 0.458 e. The average Bonchev–Trinajstić information content (AvgIpc) is 2.16. The standard InChI is InChI=1S/C14H20O2/c1-10(2)9-14(16-12(4)15)13-7-5-11(3)6-8-13/h5-8,10,14H,9H2,1-4H3/t14-/m0/s1. The van der Waals surface area contributed by atoms with Crippen molar-refractivity contribution in [3.05, 3.63) is 35.4 Å². The predicted octanol–water partition coefficient (Wildman–Crippen LogP) is 3.65. The molecule has 0 N–H and O–H groups in total. The van der Waals surface area contributed by atoms with Gasteiger partial charge in [0, 0.05) is 6.92 Å². The van der Waals surface area contributed by atoms with E-state index in [2.05, 4.69) is 13.8 Å². The van der Waals surface area contributed by atoms with Crippen molar-refractivity contribution >= 4 is 5.97 Å². The van der Waals surface area contributed by atoms with Crippen LogP contribution in [-0.4, -0.2) is 5.97 Å². The lowest BCUT2D eigenvalue weighted by molar-refractivity contribution is -0.147. The summed E-state index contributed by atoms with van der Waals surface area (Å²) in [5, 5.41) is 0. The van der Waals surface area contributed by atoms with Gasteiger partial charge in [0.05, 0.1) is 0 Å². The lowest BCUT2D eigenvalue weighted by Gasteiger charge is -2.19. The van der Waals surface area contributed by atoms with Crippen LogP contribution in [0.15, 0.2) is 24.3 Å². The van der Waals surface area contributed by atoms with Gasteiger partial charge in [0.15, 0.2) is 0 Å². The minimum absolute atomic E-state index is 0.113. The minimum atomic E-state index is -0.216. The molecule has 0 aromatic heterocycles. The summed E-state index contributed by atoms with van der Waals surface area (Å²) in [5.74, 6) is 0.289. The molecule has 0 fully saturated rings. The maximum Gasteiger partial charge on any atom is 0.303 e. The molecule has 1 aromatic rings. The van der Waals surface area contributed by atoms with Gasteiger partial charge in [-0.15, -0.1) is 0 Å². The lowest BCUT2D eigenvalue weighted by atomic mass is 9.98. The molecule has 2 heteroatoms. The number of aryl methyl sites for hydroxylation is 1. The summed E-state index contributed by atoms with van der Waals surface area (Å²) < 4.78 is 5.35. The molecule has 0 spiro atoms. The molecule has 0 saturated carbocycles. The van der Waals surface area contributed by atoms with Crippen LogP contribution in [0.25, 0.3) is 0 Å². The molecule has 0 radical (unpaired) electrons. The number of esters is 1. The fourth-order valence-corrected chi connectivity index (χ4v) is 1.66. The molecule has 0 aliphatic rings. The zero-order valence-corrected chi connectivity index (χ0v) is 10.5. The SMILES string of the molecule is CC(=O)O[C@@H](CC(C)C)c1ccc(C)cc1. The van der Waals surface area contributed by atoms with E-state index in [4.69, 9.17) is 4.74 Å². The van der Waals surface area contributed by atoms with Crippen molar-refractivity contribution in [2.75, 3.05) is 0 Å². The molecular weight excluding hydrogens is 200 g/mol. The minimum Gasteiger partial charge on any atom is -0.458 e. The van der Waals surface area contributed by atoms with Crippen LogP contribution in [0.2, 0.25) is 0 Å². The fourth-order valence-electron chi connectivity index (χ4n) is 1.66. The van der Waals surface area contributed by atoms with Crippen LogP contribution in [0.1, 0.15) is 44.4 Å².